The van der Waals surface area contributed by atoms with E-state index in [0.717, 1.165) is 5.69 Å². The van der Waals surface area contributed by atoms with Gasteiger partial charge in [-0.3, -0.25) is 4.79 Å². The molecule has 21 heavy (non-hydrogen) atoms. The molecule has 1 N–H and O–H groups in total. The van der Waals surface area contributed by atoms with Crippen molar-refractivity contribution in [2.24, 2.45) is 0 Å². The summed E-state index contributed by atoms with van der Waals surface area (Å²) in [6, 6.07) is 5.63. The number of carbonyl (C=O) groups excluding carboxylic acids is 1. The van der Waals surface area contributed by atoms with Crippen molar-refractivity contribution in [3.63, 3.8) is 0 Å². The fraction of sp³-hybridized carbons (Fsp3) is 0.400. The minimum atomic E-state index is -1.14. The zero-order valence-corrected chi connectivity index (χ0v) is 12.0. The first-order valence-electron chi connectivity index (χ1n) is 6.93. The van der Waals surface area contributed by atoms with Crippen molar-refractivity contribution in [3.05, 3.63) is 35.8 Å². The molecule has 2 aromatic heterocycles. The molecule has 3 heterocycles. The quantitative estimate of drug-likeness (QED) is 0.912. The zero-order valence-electron chi connectivity index (χ0n) is 12.0. The van der Waals surface area contributed by atoms with Crippen molar-refractivity contribution in [2.75, 3.05) is 6.54 Å². The van der Waals surface area contributed by atoms with Crippen LogP contribution in [-0.2, 0) is 4.79 Å². The molecule has 2 aromatic rings. The lowest BCUT2D eigenvalue weighted by Gasteiger charge is -2.30. The van der Waals surface area contributed by atoms with Gasteiger partial charge in [0.25, 0.3) is 5.91 Å². The Morgan fingerprint density at radius 2 is 2.14 bits per heavy atom. The summed E-state index contributed by atoms with van der Waals surface area (Å²) in [4.78, 5) is 29.9. The van der Waals surface area contributed by atoms with Crippen molar-refractivity contribution in [1.82, 2.24) is 14.3 Å². The van der Waals surface area contributed by atoms with Gasteiger partial charge in [-0.1, -0.05) is 6.07 Å². The highest BCUT2D eigenvalue weighted by Crippen LogP contribution is 2.30. The van der Waals surface area contributed by atoms with Crippen LogP contribution in [0.3, 0.4) is 0 Å². The molecule has 1 atom stereocenters. The lowest BCUT2D eigenvalue weighted by Crippen LogP contribution is -2.50. The monoisotopic (exact) mass is 287 g/mol. The number of hydrogen-bond donors (Lipinski definition) is 1. The van der Waals surface area contributed by atoms with Crippen LogP contribution in [0.15, 0.2) is 24.4 Å². The second kappa shape index (κ2) is 4.58. The Labute approximate surface area is 122 Å². The smallest absolute Gasteiger partial charge is 0.329 e. The molecule has 0 saturated carbocycles. The predicted molar refractivity (Wildman–Crippen MR) is 76.2 cm³/mol. The molecule has 0 aliphatic carbocycles. The number of amides is 1. The van der Waals surface area contributed by atoms with Crippen LogP contribution < -0.4 is 0 Å². The van der Waals surface area contributed by atoms with Gasteiger partial charge in [0.1, 0.15) is 16.9 Å². The molecule has 1 fully saturated rings. The van der Waals surface area contributed by atoms with Crippen LogP contribution in [0.5, 0.6) is 0 Å². The number of aliphatic carboxylic acids is 1. The fourth-order valence-electron chi connectivity index (χ4n) is 2.90. The summed E-state index contributed by atoms with van der Waals surface area (Å²) in [5.41, 5.74) is 0.816. The van der Waals surface area contributed by atoms with Crippen LogP contribution in [0.1, 0.15) is 35.9 Å². The Balaban J connectivity index is 2.01. The third kappa shape index (κ3) is 1.98. The summed E-state index contributed by atoms with van der Waals surface area (Å²) < 4.78 is 1.83. The molecular formula is C15H17N3O3. The van der Waals surface area contributed by atoms with Gasteiger partial charge in [-0.2, -0.15) is 0 Å². The largest absolute Gasteiger partial charge is 0.480 e. The second-order valence-corrected chi connectivity index (χ2v) is 5.66. The zero-order chi connectivity index (χ0) is 15.2. The van der Waals surface area contributed by atoms with E-state index < -0.39 is 11.5 Å². The maximum atomic E-state index is 12.6. The molecule has 6 nitrogen and oxygen atoms in total. The number of rotatable bonds is 2. The number of carbonyl (C=O) groups is 2. The van der Waals surface area contributed by atoms with Crippen LogP contribution in [0.4, 0.5) is 0 Å². The minimum absolute atomic E-state index is 0.290. The van der Waals surface area contributed by atoms with E-state index in [0.29, 0.717) is 30.7 Å². The Kier molecular flexibility index (Phi) is 2.97. The molecule has 1 amide bonds. The van der Waals surface area contributed by atoms with Gasteiger partial charge in [-0.05, 0) is 38.8 Å². The summed E-state index contributed by atoms with van der Waals surface area (Å²) in [6.07, 6.45) is 2.84. The van der Waals surface area contributed by atoms with Gasteiger partial charge in [0.2, 0.25) is 0 Å². The normalized spacial score (nSPS) is 21.9. The lowest BCUT2D eigenvalue weighted by atomic mass is 9.99. The van der Waals surface area contributed by atoms with E-state index in [4.69, 9.17) is 0 Å². The van der Waals surface area contributed by atoms with E-state index in [9.17, 15) is 14.7 Å². The maximum Gasteiger partial charge on any atom is 0.329 e. The molecule has 1 aliphatic heterocycles. The first kappa shape index (κ1) is 13.6. The van der Waals surface area contributed by atoms with Crippen molar-refractivity contribution >= 4 is 17.5 Å². The predicted octanol–water partition coefficient (Wildman–Crippen LogP) is 1.72. The number of aromatic nitrogens is 2. The van der Waals surface area contributed by atoms with Crippen molar-refractivity contribution in [3.8, 4) is 0 Å². The van der Waals surface area contributed by atoms with Gasteiger partial charge in [-0.25, -0.2) is 9.78 Å². The van der Waals surface area contributed by atoms with Crippen LogP contribution in [0.2, 0.25) is 0 Å². The van der Waals surface area contributed by atoms with Crippen LogP contribution in [0.25, 0.3) is 5.65 Å². The Morgan fingerprint density at radius 1 is 1.38 bits per heavy atom. The molecule has 110 valence electrons. The van der Waals surface area contributed by atoms with Crippen molar-refractivity contribution in [2.45, 2.75) is 32.2 Å². The standard InChI is InChI=1S/C15H17N3O3/c1-10-5-3-6-12-16-11(9-17(10)12)13(19)18-8-4-7-15(18,2)14(20)21/h3,5-6,9H,4,7-8H2,1-2H3,(H,20,21). The highest BCUT2D eigenvalue weighted by molar-refractivity contribution is 5.97. The van der Waals surface area contributed by atoms with Gasteiger partial charge in [0, 0.05) is 18.4 Å². The summed E-state index contributed by atoms with van der Waals surface area (Å²) in [6.45, 7) is 3.98. The molecule has 3 rings (SSSR count). The number of likely N-dealkylation sites (tertiary alicyclic amines) is 1. The summed E-state index contributed by atoms with van der Waals surface area (Å²) in [5, 5.41) is 9.40. The average Bonchev–Trinajstić information content (AvgIpc) is 3.03. The first-order valence-corrected chi connectivity index (χ1v) is 6.93. The van der Waals surface area contributed by atoms with Crippen molar-refractivity contribution in [1.29, 1.82) is 0 Å². The van der Waals surface area contributed by atoms with Gasteiger partial charge in [0.05, 0.1) is 0 Å². The molecule has 1 saturated heterocycles. The Hall–Kier alpha value is -2.37. The van der Waals surface area contributed by atoms with E-state index in [1.165, 1.54) is 4.90 Å². The Morgan fingerprint density at radius 3 is 2.81 bits per heavy atom. The number of pyridine rings is 1. The van der Waals surface area contributed by atoms with E-state index in [2.05, 4.69) is 4.98 Å². The van der Waals surface area contributed by atoms with Crippen LogP contribution in [0, 0.1) is 6.92 Å². The van der Waals surface area contributed by atoms with E-state index in [1.54, 1.807) is 13.1 Å². The minimum Gasteiger partial charge on any atom is -0.480 e. The molecular weight excluding hydrogens is 270 g/mol. The highest BCUT2D eigenvalue weighted by Gasteiger charge is 2.46. The molecule has 0 radical (unpaired) electrons. The SMILES string of the molecule is Cc1cccc2nc(C(=O)N3CCCC3(C)C(=O)O)cn12. The molecule has 0 aromatic carbocycles. The summed E-state index contributed by atoms with van der Waals surface area (Å²) >= 11 is 0. The number of imidazole rings is 1. The number of carboxylic acid groups (broad SMARTS) is 1. The number of hydrogen-bond acceptors (Lipinski definition) is 3. The summed E-state index contributed by atoms with van der Waals surface area (Å²) in [5.74, 6) is -1.28. The Bertz CT molecular complexity index is 737. The number of nitrogens with zero attached hydrogens (tertiary/aromatic N) is 3. The highest BCUT2D eigenvalue weighted by atomic mass is 16.4. The molecule has 0 spiro atoms. The topological polar surface area (TPSA) is 74.9 Å². The van der Waals surface area contributed by atoms with E-state index >= 15 is 0 Å². The first-order chi connectivity index (χ1) is 9.93. The number of aryl methyl sites for hydroxylation is 1. The van der Waals surface area contributed by atoms with Gasteiger partial charge >= 0.3 is 5.97 Å². The maximum absolute atomic E-state index is 12.6. The number of fused-ring (bicyclic) bond motifs is 1. The molecule has 1 unspecified atom stereocenters. The molecule has 6 heteroatoms. The average molecular weight is 287 g/mol. The third-order valence-electron chi connectivity index (χ3n) is 4.26. The fourth-order valence-corrected chi connectivity index (χ4v) is 2.90. The van der Waals surface area contributed by atoms with E-state index in [-0.39, 0.29) is 5.91 Å². The van der Waals surface area contributed by atoms with Crippen LogP contribution >= 0.6 is 0 Å². The second-order valence-electron chi connectivity index (χ2n) is 5.66. The number of carboxylic acids is 1. The molecule has 1 aliphatic rings. The summed E-state index contributed by atoms with van der Waals surface area (Å²) in [7, 11) is 0. The van der Waals surface area contributed by atoms with Crippen LogP contribution in [-0.4, -0.2) is 43.4 Å². The van der Waals surface area contributed by atoms with Gasteiger partial charge in [-0.15, -0.1) is 0 Å². The van der Waals surface area contributed by atoms with Gasteiger partial charge < -0.3 is 14.4 Å². The lowest BCUT2D eigenvalue weighted by molar-refractivity contribution is -0.147. The van der Waals surface area contributed by atoms with E-state index in [1.807, 2.05) is 29.5 Å². The van der Waals surface area contributed by atoms with Gasteiger partial charge in [0.15, 0.2) is 0 Å². The third-order valence-corrected chi connectivity index (χ3v) is 4.26. The molecule has 0 bridgehead atoms. The van der Waals surface area contributed by atoms with Crippen molar-refractivity contribution < 1.29 is 14.7 Å².